The normalized spacial score (nSPS) is 11.7. The van der Waals surface area contributed by atoms with Gasteiger partial charge in [0.1, 0.15) is 5.78 Å². The predicted octanol–water partition coefficient (Wildman–Crippen LogP) is 1.28. The van der Waals surface area contributed by atoms with Gasteiger partial charge in [-0.3, -0.25) is 30.6 Å². The summed E-state index contributed by atoms with van der Waals surface area (Å²) in [5.74, 6) is -1.07. The molecule has 1 amide bonds. The SMILES string of the molecule is NS(=O)(=O)c1ccc(NC(S)CC(=O)CC(=O)NNC(=S)Nc2cccc([N+](=O)[O-])c2)cc1. The van der Waals surface area contributed by atoms with Crippen LogP contribution in [0, 0.1) is 10.1 Å². The highest BCUT2D eigenvalue weighted by Gasteiger charge is 2.15. The molecule has 0 aliphatic rings. The van der Waals surface area contributed by atoms with Crippen molar-refractivity contribution in [2.24, 2.45) is 5.14 Å². The molecular formula is C18H20N6O6S3. The fraction of sp³-hybridized carbons (Fsp3) is 0.167. The summed E-state index contributed by atoms with van der Waals surface area (Å²) < 4.78 is 22.5. The van der Waals surface area contributed by atoms with E-state index in [0.29, 0.717) is 11.4 Å². The summed E-state index contributed by atoms with van der Waals surface area (Å²) in [4.78, 5) is 34.2. The second kappa shape index (κ2) is 11.6. The van der Waals surface area contributed by atoms with Crippen molar-refractivity contribution in [1.29, 1.82) is 0 Å². The lowest BCUT2D eigenvalue weighted by Gasteiger charge is -2.14. The van der Waals surface area contributed by atoms with Crippen molar-refractivity contribution in [1.82, 2.24) is 10.9 Å². The van der Waals surface area contributed by atoms with Crippen molar-refractivity contribution in [2.45, 2.75) is 23.1 Å². The molecule has 2 aromatic carbocycles. The minimum atomic E-state index is -3.81. The zero-order chi connectivity index (χ0) is 24.6. The van der Waals surface area contributed by atoms with Crippen LogP contribution in [0.3, 0.4) is 0 Å². The van der Waals surface area contributed by atoms with Gasteiger partial charge in [0.25, 0.3) is 5.69 Å². The van der Waals surface area contributed by atoms with Crippen LogP contribution in [-0.2, 0) is 19.6 Å². The van der Waals surface area contributed by atoms with Gasteiger partial charge in [0.05, 0.1) is 21.6 Å². The number of ketones is 1. The summed E-state index contributed by atoms with van der Waals surface area (Å²) in [7, 11) is -3.81. The van der Waals surface area contributed by atoms with E-state index in [9.17, 15) is 28.1 Å². The molecule has 0 aliphatic heterocycles. The zero-order valence-electron chi connectivity index (χ0n) is 16.8. The first-order chi connectivity index (χ1) is 15.4. The van der Waals surface area contributed by atoms with E-state index in [2.05, 4.69) is 34.1 Å². The Morgan fingerprint density at radius 3 is 2.39 bits per heavy atom. The van der Waals surface area contributed by atoms with Gasteiger partial charge in [-0.1, -0.05) is 6.07 Å². The summed E-state index contributed by atoms with van der Waals surface area (Å²) in [6, 6.07) is 11.2. The Balaban J connectivity index is 1.75. The molecule has 6 N–H and O–H groups in total. The predicted molar refractivity (Wildman–Crippen MR) is 129 cm³/mol. The van der Waals surface area contributed by atoms with Gasteiger partial charge in [0.15, 0.2) is 5.11 Å². The molecule has 0 bridgehead atoms. The van der Waals surface area contributed by atoms with E-state index >= 15 is 0 Å². The summed E-state index contributed by atoms with van der Waals surface area (Å²) >= 11 is 9.24. The monoisotopic (exact) mass is 512 g/mol. The molecule has 2 aromatic rings. The highest BCUT2D eigenvalue weighted by Crippen LogP contribution is 2.17. The van der Waals surface area contributed by atoms with Gasteiger partial charge < -0.3 is 10.6 Å². The number of nitro benzene ring substituents is 1. The standard InChI is InChI=1S/C18H20N6O6S3/c19-33(29,30)15-6-4-11(5-7-15)20-17(31)10-14(25)9-16(26)22-23-18(32)21-12-2-1-3-13(8-12)24(27)28/h1-8,17,20,31H,9-10H2,(H,22,26)(H2,19,29,30)(H2,21,23,32). The average Bonchev–Trinajstić information content (AvgIpc) is 2.72. The van der Waals surface area contributed by atoms with Gasteiger partial charge in [0.2, 0.25) is 15.9 Å². The average molecular weight is 513 g/mol. The van der Waals surface area contributed by atoms with E-state index in [0.717, 1.165) is 0 Å². The Labute approximate surface area is 199 Å². The summed E-state index contributed by atoms with van der Waals surface area (Å²) in [5, 5.41) is 20.7. The number of nitro groups is 1. The zero-order valence-corrected chi connectivity index (χ0v) is 19.4. The van der Waals surface area contributed by atoms with E-state index < -0.39 is 38.4 Å². The number of non-ortho nitro benzene ring substituents is 1. The van der Waals surface area contributed by atoms with Crippen LogP contribution in [0.1, 0.15) is 12.8 Å². The molecule has 176 valence electrons. The molecule has 0 heterocycles. The Morgan fingerprint density at radius 1 is 1.12 bits per heavy atom. The van der Waals surface area contributed by atoms with Gasteiger partial charge in [-0.25, -0.2) is 13.6 Å². The number of primary sulfonamides is 1. The maximum absolute atomic E-state index is 12.1. The number of hydrogen-bond acceptors (Lipinski definition) is 9. The van der Waals surface area contributed by atoms with E-state index in [4.69, 9.17) is 17.4 Å². The molecule has 15 heteroatoms. The summed E-state index contributed by atoms with van der Waals surface area (Å²) in [5.41, 5.74) is 5.38. The number of thiol groups is 1. The topological polar surface area (TPSA) is 186 Å². The number of anilines is 2. The minimum absolute atomic E-state index is 0.0343. The Hall–Kier alpha value is -3.27. The molecule has 0 aromatic heterocycles. The Kier molecular flexibility index (Phi) is 9.10. The lowest BCUT2D eigenvalue weighted by molar-refractivity contribution is -0.384. The summed E-state index contributed by atoms with van der Waals surface area (Å²) in [6.45, 7) is 0. The second-order valence-corrected chi connectivity index (χ2v) is 9.18. The van der Waals surface area contributed by atoms with Crippen molar-refractivity contribution in [3.63, 3.8) is 0 Å². The number of nitrogens with zero attached hydrogens (tertiary/aromatic N) is 1. The second-order valence-electron chi connectivity index (χ2n) is 6.58. The molecule has 33 heavy (non-hydrogen) atoms. The van der Waals surface area contributed by atoms with Crippen LogP contribution >= 0.6 is 24.8 Å². The fourth-order valence-corrected chi connectivity index (χ4v) is 3.52. The third-order valence-corrected chi connectivity index (χ3v) is 5.37. The molecule has 0 fully saturated rings. The number of Topliss-reactive ketones (excluding diaryl/α,β-unsaturated/α-hetero) is 1. The first-order valence-electron chi connectivity index (χ1n) is 9.13. The first-order valence-corrected chi connectivity index (χ1v) is 11.6. The van der Waals surface area contributed by atoms with E-state index in [1.165, 1.54) is 42.5 Å². The van der Waals surface area contributed by atoms with E-state index in [1.807, 2.05) is 0 Å². The van der Waals surface area contributed by atoms with Crippen LogP contribution in [0.5, 0.6) is 0 Å². The van der Waals surface area contributed by atoms with Crippen LogP contribution in [0.25, 0.3) is 0 Å². The molecule has 0 saturated carbocycles. The fourth-order valence-electron chi connectivity index (χ4n) is 2.48. The number of nitrogens with two attached hydrogens (primary N) is 1. The largest absolute Gasteiger partial charge is 0.373 e. The maximum Gasteiger partial charge on any atom is 0.271 e. The molecule has 1 atom stereocenters. The number of nitrogens with one attached hydrogen (secondary N) is 4. The molecule has 0 radical (unpaired) electrons. The number of hydrogen-bond donors (Lipinski definition) is 6. The molecule has 0 aliphatic carbocycles. The quantitative estimate of drug-likeness (QED) is 0.0714. The van der Waals surface area contributed by atoms with Gasteiger partial charge >= 0.3 is 0 Å². The van der Waals surface area contributed by atoms with Gasteiger partial charge in [0, 0.05) is 29.9 Å². The number of carbonyl (C=O) groups is 2. The van der Waals surface area contributed by atoms with Gasteiger partial charge in [-0.15, -0.1) is 0 Å². The molecule has 1 unspecified atom stereocenters. The van der Waals surface area contributed by atoms with Crippen LogP contribution in [0.2, 0.25) is 0 Å². The first kappa shape index (κ1) is 26.0. The molecular weight excluding hydrogens is 492 g/mol. The minimum Gasteiger partial charge on any atom is -0.373 e. The summed E-state index contributed by atoms with van der Waals surface area (Å²) in [6.07, 6.45) is -0.542. The number of hydrazine groups is 1. The van der Waals surface area contributed by atoms with Crippen molar-refractivity contribution >= 4 is 68.7 Å². The Bertz CT molecular complexity index is 1160. The number of benzene rings is 2. The number of sulfonamides is 1. The van der Waals surface area contributed by atoms with Gasteiger partial charge in [-0.05, 0) is 42.5 Å². The third kappa shape index (κ3) is 9.01. The lowest BCUT2D eigenvalue weighted by Crippen LogP contribution is -2.44. The van der Waals surface area contributed by atoms with E-state index in [-0.39, 0.29) is 22.1 Å². The highest BCUT2D eigenvalue weighted by atomic mass is 32.2. The lowest BCUT2D eigenvalue weighted by atomic mass is 10.2. The molecule has 0 saturated heterocycles. The number of rotatable bonds is 9. The number of thiocarbonyl (C=S) groups is 1. The van der Waals surface area contributed by atoms with Crippen molar-refractivity contribution < 1.29 is 22.9 Å². The number of carbonyl (C=O) groups excluding carboxylic acids is 2. The van der Waals surface area contributed by atoms with Crippen LogP contribution < -0.4 is 26.6 Å². The van der Waals surface area contributed by atoms with Crippen LogP contribution in [0.15, 0.2) is 53.4 Å². The van der Waals surface area contributed by atoms with Crippen molar-refractivity contribution in [3.05, 3.63) is 58.6 Å². The number of amides is 1. The highest BCUT2D eigenvalue weighted by molar-refractivity contribution is 7.89. The maximum atomic E-state index is 12.1. The van der Waals surface area contributed by atoms with Crippen molar-refractivity contribution in [3.8, 4) is 0 Å². The Morgan fingerprint density at radius 2 is 1.79 bits per heavy atom. The van der Waals surface area contributed by atoms with Gasteiger partial charge in [-0.2, -0.15) is 12.6 Å². The smallest absolute Gasteiger partial charge is 0.271 e. The molecule has 2 rings (SSSR count). The third-order valence-electron chi connectivity index (χ3n) is 3.93. The molecule has 0 spiro atoms. The van der Waals surface area contributed by atoms with E-state index in [1.54, 1.807) is 6.07 Å². The van der Waals surface area contributed by atoms with Crippen LogP contribution in [-0.4, -0.2) is 35.5 Å². The van der Waals surface area contributed by atoms with Crippen LogP contribution in [0.4, 0.5) is 17.1 Å². The molecule has 12 nitrogen and oxygen atoms in total. The van der Waals surface area contributed by atoms with Crippen molar-refractivity contribution in [2.75, 3.05) is 10.6 Å².